The van der Waals surface area contributed by atoms with Crippen molar-refractivity contribution < 1.29 is 13.9 Å². The first-order chi connectivity index (χ1) is 10.6. The van der Waals surface area contributed by atoms with Gasteiger partial charge >= 0.3 is 0 Å². The molecule has 0 aliphatic carbocycles. The minimum atomic E-state index is -0.317. The zero-order valence-corrected chi connectivity index (χ0v) is 13.2. The lowest BCUT2D eigenvalue weighted by molar-refractivity contribution is 0.144. The molecule has 0 amide bonds. The Morgan fingerprint density at radius 1 is 1.36 bits per heavy atom. The average Bonchev–Trinajstić information content (AvgIpc) is 3.03. The molecule has 4 nitrogen and oxygen atoms in total. The molecular weight excluding hydrogens is 283 g/mol. The number of fused-ring (bicyclic) bond motifs is 3. The van der Waals surface area contributed by atoms with Gasteiger partial charge in [0.2, 0.25) is 0 Å². The molecule has 120 valence electrons. The van der Waals surface area contributed by atoms with Gasteiger partial charge in [0.25, 0.3) is 0 Å². The number of aromatic nitrogens is 1. The summed E-state index contributed by atoms with van der Waals surface area (Å²) in [6.07, 6.45) is 2.96. The van der Waals surface area contributed by atoms with E-state index >= 15 is 0 Å². The zero-order valence-electron chi connectivity index (χ0n) is 13.2. The minimum absolute atomic E-state index is 0.0822. The Morgan fingerprint density at radius 3 is 2.91 bits per heavy atom. The molecule has 0 saturated carbocycles. The first kappa shape index (κ1) is 15.3. The molecule has 3 rings (SSSR count). The highest BCUT2D eigenvalue weighted by atomic mass is 19.1. The summed E-state index contributed by atoms with van der Waals surface area (Å²) in [6.45, 7) is 3.74. The molecule has 2 aromatic rings. The summed E-state index contributed by atoms with van der Waals surface area (Å²) in [5.74, 6) is -0.0251. The van der Waals surface area contributed by atoms with Crippen LogP contribution in [0.15, 0.2) is 12.1 Å². The van der Waals surface area contributed by atoms with Crippen LogP contribution < -0.4 is 10.5 Å². The molecule has 1 aromatic carbocycles. The lowest BCUT2D eigenvalue weighted by Crippen LogP contribution is -2.18. The van der Waals surface area contributed by atoms with Gasteiger partial charge < -0.3 is 19.8 Å². The molecule has 22 heavy (non-hydrogen) atoms. The van der Waals surface area contributed by atoms with Gasteiger partial charge in [-0.3, -0.25) is 0 Å². The fourth-order valence-electron chi connectivity index (χ4n) is 3.31. The number of rotatable bonds is 6. The van der Waals surface area contributed by atoms with E-state index in [-0.39, 0.29) is 11.9 Å². The molecule has 1 atom stereocenters. The van der Waals surface area contributed by atoms with Gasteiger partial charge in [-0.2, -0.15) is 0 Å². The fraction of sp³-hybridized carbons (Fsp3) is 0.529. The molecule has 0 spiro atoms. The predicted octanol–water partition coefficient (Wildman–Crippen LogP) is 2.64. The maximum absolute atomic E-state index is 14.3. The molecule has 0 bridgehead atoms. The van der Waals surface area contributed by atoms with Crippen molar-refractivity contribution in [1.82, 2.24) is 4.57 Å². The Labute approximate surface area is 130 Å². The van der Waals surface area contributed by atoms with E-state index in [9.17, 15) is 4.39 Å². The van der Waals surface area contributed by atoms with Crippen LogP contribution in [0.3, 0.4) is 0 Å². The van der Waals surface area contributed by atoms with E-state index < -0.39 is 0 Å². The molecule has 0 radical (unpaired) electrons. The molecule has 1 aliphatic rings. The lowest BCUT2D eigenvalue weighted by atomic mass is 10.0. The van der Waals surface area contributed by atoms with E-state index in [1.807, 2.05) is 13.0 Å². The zero-order chi connectivity index (χ0) is 15.7. The van der Waals surface area contributed by atoms with Crippen LogP contribution in [0.4, 0.5) is 4.39 Å². The second kappa shape index (κ2) is 6.26. The van der Waals surface area contributed by atoms with Crippen molar-refractivity contribution in [2.45, 2.75) is 38.8 Å². The lowest BCUT2D eigenvalue weighted by Gasteiger charge is -2.09. The first-order valence-corrected chi connectivity index (χ1v) is 7.82. The second-order valence-electron chi connectivity index (χ2n) is 6.00. The highest BCUT2D eigenvalue weighted by Gasteiger charge is 2.23. The Hall–Kier alpha value is -1.59. The van der Waals surface area contributed by atoms with Gasteiger partial charge in [0.05, 0.1) is 12.1 Å². The van der Waals surface area contributed by atoms with Gasteiger partial charge in [0.15, 0.2) is 11.6 Å². The van der Waals surface area contributed by atoms with Crippen molar-refractivity contribution in [3.63, 3.8) is 0 Å². The Kier molecular flexibility index (Phi) is 4.36. The van der Waals surface area contributed by atoms with E-state index in [0.29, 0.717) is 19.0 Å². The largest absolute Gasteiger partial charge is 0.488 e. The van der Waals surface area contributed by atoms with Crippen LogP contribution in [0, 0.1) is 5.82 Å². The van der Waals surface area contributed by atoms with Crippen molar-refractivity contribution in [2.24, 2.45) is 5.73 Å². The molecule has 2 N–H and O–H groups in total. The van der Waals surface area contributed by atoms with E-state index in [4.69, 9.17) is 15.2 Å². The van der Waals surface area contributed by atoms with E-state index in [0.717, 1.165) is 36.7 Å². The molecule has 0 saturated heterocycles. The maximum atomic E-state index is 14.3. The third-order valence-electron chi connectivity index (χ3n) is 4.21. The van der Waals surface area contributed by atoms with Gasteiger partial charge in [-0.25, -0.2) is 4.39 Å². The van der Waals surface area contributed by atoms with Gasteiger partial charge in [-0.1, -0.05) is 0 Å². The number of nitrogens with zero attached hydrogens (tertiary/aromatic N) is 1. The molecule has 0 fully saturated rings. The number of benzene rings is 1. The number of hydrogen-bond acceptors (Lipinski definition) is 3. The third-order valence-corrected chi connectivity index (χ3v) is 4.21. The van der Waals surface area contributed by atoms with Crippen LogP contribution in [0.1, 0.15) is 24.6 Å². The van der Waals surface area contributed by atoms with Gasteiger partial charge in [0.1, 0.15) is 6.61 Å². The first-order valence-electron chi connectivity index (χ1n) is 7.82. The molecule has 5 heteroatoms. The number of aryl methyl sites for hydroxylation is 1. The van der Waals surface area contributed by atoms with E-state index in [1.165, 1.54) is 11.3 Å². The Morgan fingerprint density at radius 2 is 2.18 bits per heavy atom. The number of halogens is 1. The monoisotopic (exact) mass is 306 g/mol. The summed E-state index contributed by atoms with van der Waals surface area (Å²) in [5.41, 5.74) is 9.52. The Balaban J connectivity index is 2.05. The summed E-state index contributed by atoms with van der Waals surface area (Å²) in [7, 11) is 1.60. The summed E-state index contributed by atoms with van der Waals surface area (Å²) in [4.78, 5) is 0. The van der Waals surface area contributed by atoms with Crippen molar-refractivity contribution >= 4 is 10.9 Å². The number of methoxy groups -OCH3 is 1. The highest BCUT2D eigenvalue weighted by Crippen LogP contribution is 2.35. The summed E-state index contributed by atoms with van der Waals surface area (Å²) in [5, 5.41) is 1.07. The smallest absolute Gasteiger partial charge is 0.167 e. The molecule has 2 heterocycles. The second-order valence-corrected chi connectivity index (χ2v) is 6.00. The van der Waals surface area contributed by atoms with E-state index in [1.54, 1.807) is 13.2 Å². The standard InChI is InChI=1S/C17H23FN2O2/c1-11(19)8-12-13-9-17(22-7-6-21-2)14(18)10-16(13)20-5-3-4-15(12)20/h9-11H,3-8,19H2,1-2H3/t11-/m0/s1. The quantitative estimate of drug-likeness (QED) is 0.835. The van der Waals surface area contributed by atoms with Gasteiger partial charge in [-0.05, 0) is 37.8 Å². The third kappa shape index (κ3) is 2.71. The normalized spacial score (nSPS) is 15.3. The number of nitrogens with two attached hydrogens (primary N) is 1. The highest BCUT2D eigenvalue weighted by molar-refractivity contribution is 5.87. The summed E-state index contributed by atoms with van der Waals surface area (Å²) >= 11 is 0. The van der Waals surface area contributed by atoms with E-state index in [2.05, 4.69) is 4.57 Å². The number of hydrogen-bond donors (Lipinski definition) is 1. The van der Waals surface area contributed by atoms with Crippen LogP contribution in [0.5, 0.6) is 5.75 Å². The SMILES string of the molecule is COCCOc1cc2c(C[C@H](C)N)c3n(c2cc1F)CCC3. The molecule has 1 aliphatic heterocycles. The van der Waals surface area contributed by atoms with Crippen LogP contribution in [0.25, 0.3) is 10.9 Å². The summed E-state index contributed by atoms with van der Waals surface area (Å²) < 4.78 is 27.0. The van der Waals surface area contributed by atoms with Crippen LogP contribution in [-0.2, 0) is 24.1 Å². The predicted molar refractivity (Wildman–Crippen MR) is 84.9 cm³/mol. The van der Waals surface area contributed by atoms with Crippen LogP contribution >= 0.6 is 0 Å². The van der Waals surface area contributed by atoms with Crippen molar-refractivity contribution in [3.05, 3.63) is 29.2 Å². The van der Waals surface area contributed by atoms with Crippen LogP contribution in [-0.4, -0.2) is 30.9 Å². The van der Waals surface area contributed by atoms with Crippen molar-refractivity contribution in [3.8, 4) is 5.75 Å². The molecule has 0 unspecified atom stereocenters. The Bertz CT molecular complexity index is 679. The maximum Gasteiger partial charge on any atom is 0.167 e. The topological polar surface area (TPSA) is 49.4 Å². The van der Waals surface area contributed by atoms with Crippen LogP contribution in [0.2, 0.25) is 0 Å². The van der Waals surface area contributed by atoms with Gasteiger partial charge in [-0.15, -0.1) is 0 Å². The minimum Gasteiger partial charge on any atom is -0.488 e. The molecular formula is C17H23FN2O2. The average molecular weight is 306 g/mol. The fourth-order valence-corrected chi connectivity index (χ4v) is 3.31. The molecule has 1 aromatic heterocycles. The van der Waals surface area contributed by atoms with Crippen molar-refractivity contribution in [2.75, 3.05) is 20.3 Å². The van der Waals surface area contributed by atoms with Gasteiger partial charge in [0, 0.05) is 36.8 Å². The summed E-state index contributed by atoms with van der Waals surface area (Å²) in [6, 6.07) is 3.50. The number of ether oxygens (including phenoxy) is 2. The van der Waals surface area contributed by atoms with Crippen molar-refractivity contribution in [1.29, 1.82) is 0 Å².